The summed E-state index contributed by atoms with van der Waals surface area (Å²) in [6.07, 6.45) is 6.12. The molecule has 0 aliphatic carbocycles. The van der Waals surface area contributed by atoms with Crippen LogP contribution in [-0.2, 0) is 14.4 Å². The molecule has 1 atom stereocenters. The molecule has 0 saturated heterocycles. The lowest BCUT2D eigenvalue weighted by molar-refractivity contribution is -0.140. The third-order valence-electron chi connectivity index (χ3n) is 1.82. The van der Waals surface area contributed by atoms with Gasteiger partial charge in [-0.3, -0.25) is 4.79 Å². The average molecular weight is 270 g/mol. The van der Waals surface area contributed by atoms with Gasteiger partial charge in [-0.2, -0.15) is 5.90 Å². The SMILES string of the molecule is C=C/C=C\C(=C/C)C(=O)[C@H](N=O)SCC(=O)ON. The van der Waals surface area contributed by atoms with Crippen molar-refractivity contribution in [3.8, 4) is 0 Å². The van der Waals surface area contributed by atoms with Gasteiger partial charge in [-0.05, 0) is 12.1 Å². The van der Waals surface area contributed by atoms with E-state index in [1.54, 1.807) is 19.1 Å². The van der Waals surface area contributed by atoms with Gasteiger partial charge in [0, 0.05) is 5.57 Å². The third-order valence-corrected chi connectivity index (χ3v) is 2.84. The van der Waals surface area contributed by atoms with E-state index in [2.05, 4.69) is 22.5 Å². The summed E-state index contributed by atoms with van der Waals surface area (Å²) in [5.74, 6) is 3.20. The molecule has 0 heterocycles. The van der Waals surface area contributed by atoms with E-state index >= 15 is 0 Å². The van der Waals surface area contributed by atoms with E-state index in [0.29, 0.717) is 5.57 Å². The van der Waals surface area contributed by atoms with Gasteiger partial charge in [-0.15, -0.1) is 16.7 Å². The summed E-state index contributed by atoms with van der Waals surface area (Å²) in [6.45, 7) is 5.13. The molecule has 0 aromatic carbocycles. The zero-order valence-electron chi connectivity index (χ0n) is 9.87. The van der Waals surface area contributed by atoms with Gasteiger partial charge in [0.05, 0.1) is 5.75 Å². The van der Waals surface area contributed by atoms with E-state index < -0.39 is 17.1 Å². The Hall–Kier alpha value is -1.73. The standard InChI is InChI=1S/C11H14N2O4S/c1-3-5-6-8(4-2)10(15)11(13-16)18-7-9(14)17-12/h3-6,11H,1,7,12H2,2H3/b6-5-,8-4+/t11-/m1/s1. The highest BCUT2D eigenvalue weighted by Crippen LogP contribution is 2.18. The monoisotopic (exact) mass is 270 g/mol. The van der Waals surface area contributed by atoms with Crippen molar-refractivity contribution in [3.05, 3.63) is 41.4 Å². The Morgan fingerprint density at radius 1 is 1.56 bits per heavy atom. The van der Waals surface area contributed by atoms with Gasteiger partial charge in [0.25, 0.3) is 0 Å². The fraction of sp³-hybridized carbons (Fsp3) is 0.273. The van der Waals surface area contributed by atoms with Gasteiger partial charge in [0.1, 0.15) is 0 Å². The first kappa shape index (κ1) is 16.3. The van der Waals surface area contributed by atoms with Crippen LogP contribution in [-0.4, -0.2) is 22.9 Å². The zero-order chi connectivity index (χ0) is 14.0. The Morgan fingerprint density at radius 3 is 2.67 bits per heavy atom. The second kappa shape index (κ2) is 9.32. The first-order valence-electron chi connectivity index (χ1n) is 4.94. The lowest BCUT2D eigenvalue weighted by Crippen LogP contribution is -2.20. The van der Waals surface area contributed by atoms with Crippen LogP contribution < -0.4 is 5.90 Å². The molecule has 0 rings (SSSR count). The maximum absolute atomic E-state index is 11.9. The molecule has 2 N–H and O–H groups in total. The quantitative estimate of drug-likeness (QED) is 0.310. The number of allylic oxidation sites excluding steroid dienone is 4. The number of hydrogen-bond acceptors (Lipinski definition) is 7. The maximum Gasteiger partial charge on any atom is 0.334 e. The topological polar surface area (TPSA) is 98.8 Å². The van der Waals surface area contributed by atoms with Crippen molar-refractivity contribution in [3.63, 3.8) is 0 Å². The van der Waals surface area contributed by atoms with E-state index in [0.717, 1.165) is 11.8 Å². The average Bonchev–Trinajstić information content (AvgIpc) is 2.39. The minimum absolute atomic E-state index is 0.221. The smallest absolute Gasteiger partial charge is 0.334 e. The molecule has 0 saturated carbocycles. The Morgan fingerprint density at radius 2 is 2.22 bits per heavy atom. The van der Waals surface area contributed by atoms with Crippen molar-refractivity contribution < 1.29 is 14.4 Å². The van der Waals surface area contributed by atoms with Crippen LogP contribution in [0.4, 0.5) is 0 Å². The molecule has 0 unspecified atom stereocenters. The van der Waals surface area contributed by atoms with Gasteiger partial charge in [-0.25, -0.2) is 4.79 Å². The van der Waals surface area contributed by atoms with Gasteiger partial charge in [-0.1, -0.05) is 30.9 Å². The third kappa shape index (κ3) is 5.55. The van der Waals surface area contributed by atoms with Crippen LogP contribution in [0.2, 0.25) is 0 Å². The molecule has 98 valence electrons. The summed E-state index contributed by atoms with van der Waals surface area (Å²) in [5, 5.41) is 1.48. The Balaban J connectivity index is 4.68. The van der Waals surface area contributed by atoms with Gasteiger partial charge >= 0.3 is 5.97 Å². The molecule has 0 radical (unpaired) electrons. The second-order valence-electron chi connectivity index (χ2n) is 2.96. The zero-order valence-corrected chi connectivity index (χ0v) is 10.7. The van der Waals surface area contributed by atoms with Crippen LogP contribution in [0, 0.1) is 4.91 Å². The highest BCUT2D eigenvalue weighted by Gasteiger charge is 2.23. The van der Waals surface area contributed by atoms with E-state index in [1.807, 2.05) is 0 Å². The van der Waals surface area contributed by atoms with Gasteiger partial charge in [0.15, 0.2) is 0 Å². The van der Waals surface area contributed by atoms with Gasteiger partial charge < -0.3 is 4.84 Å². The summed E-state index contributed by atoms with van der Waals surface area (Å²) in [5.41, 5.74) is 0.313. The lowest BCUT2D eigenvalue weighted by Gasteiger charge is -2.07. The first-order valence-corrected chi connectivity index (χ1v) is 5.98. The summed E-state index contributed by atoms with van der Waals surface area (Å²) in [4.78, 5) is 37.2. The second-order valence-corrected chi connectivity index (χ2v) is 4.03. The predicted octanol–water partition coefficient (Wildman–Crippen LogP) is 1.49. The first-order chi connectivity index (χ1) is 8.60. The lowest BCUT2D eigenvalue weighted by atomic mass is 10.1. The molecule has 18 heavy (non-hydrogen) atoms. The van der Waals surface area contributed by atoms with E-state index in [4.69, 9.17) is 0 Å². The van der Waals surface area contributed by atoms with Crippen molar-refractivity contribution in [2.75, 3.05) is 5.75 Å². The van der Waals surface area contributed by atoms with Crippen LogP contribution in [0.5, 0.6) is 0 Å². The van der Waals surface area contributed by atoms with Crippen LogP contribution >= 0.6 is 11.8 Å². The Kier molecular flexibility index (Phi) is 8.42. The molecular weight excluding hydrogens is 256 g/mol. The largest absolute Gasteiger partial charge is 0.373 e. The minimum atomic E-state index is -1.20. The number of ketones is 1. The number of hydrogen-bond donors (Lipinski definition) is 1. The van der Waals surface area contributed by atoms with Crippen LogP contribution in [0.25, 0.3) is 0 Å². The van der Waals surface area contributed by atoms with E-state index in [9.17, 15) is 14.5 Å². The summed E-state index contributed by atoms with van der Waals surface area (Å²) in [6, 6.07) is 0. The Labute approximate surface area is 109 Å². The molecule has 0 fully saturated rings. The van der Waals surface area contributed by atoms with Crippen LogP contribution in [0.3, 0.4) is 0 Å². The summed E-state index contributed by atoms with van der Waals surface area (Å²) in [7, 11) is 0. The number of rotatable bonds is 8. The van der Waals surface area contributed by atoms with Gasteiger partial charge in [0.2, 0.25) is 11.2 Å². The molecule has 6 nitrogen and oxygen atoms in total. The maximum atomic E-state index is 11.9. The fourth-order valence-corrected chi connectivity index (χ4v) is 1.68. The number of carbonyl (C=O) groups is 2. The Bertz CT molecular complexity index is 391. The van der Waals surface area contributed by atoms with Crippen LogP contribution in [0.1, 0.15) is 6.92 Å². The molecule has 0 aromatic rings. The molecule has 0 aliphatic heterocycles. The fourth-order valence-electron chi connectivity index (χ4n) is 0.970. The van der Waals surface area contributed by atoms with E-state index in [1.165, 1.54) is 12.2 Å². The number of Topliss-reactive ketones (excluding diaryl/α,β-unsaturated/α-hetero) is 1. The minimum Gasteiger partial charge on any atom is -0.373 e. The molecule has 0 spiro atoms. The van der Waals surface area contributed by atoms with Crippen molar-refractivity contribution in [1.82, 2.24) is 0 Å². The number of carbonyl (C=O) groups excluding carboxylic acids is 2. The molecule has 0 amide bonds. The number of thioether (sulfide) groups is 1. The predicted molar refractivity (Wildman–Crippen MR) is 70.4 cm³/mol. The molecule has 7 heteroatoms. The van der Waals surface area contributed by atoms with E-state index in [-0.39, 0.29) is 5.75 Å². The van der Waals surface area contributed by atoms with Crippen LogP contribution in [0.15, 0.2) is 41.6 Å². The van der Waals surface area contributed by atoms with Crippen molar-refractivity contribution in [2.45, 2.75) is 12.3 Å². The highest BCUT2D eigenvalue weighted by atomic mass is 32.2. The number of nitroso groups, excluding NO2 is 1. The number of nitrogens with two attached hydrogens (primary N) is 1. The normalized spacial score (nSPS) is 13.1. The van der Waals surface area contributed by atoms with Crippen molar-refractivity contribution >= 4 is 23.5 Å². The van der Waals surface area contributed by atoms with Crippen molar-refractivity contribution in [1.29, 1.82) is 0 Å². The molecule has 0 aliphatic rings. The van der Waals surface area contributed by atoms with Crippen molar-refractivity contribution in [2.24, 2.45) is 11.1 Å². The summed E-state index contributed by atoms with van der Waals surface area (Å²) < 4.78 is 0. The molecular formula is C11H14N2O4S. The molecule has 0 bridgehead atoms. The molecule has 0 aromatic heterocycles. The number of nitrogens with zero attached hydrogens (tertiary/aromatic N) is 1. The summed E-state index contributed by atoms with van der Waals surface area (Å²) >= 11 is 0.756. The highest BCUT2D eigenvalue weighted by molar-refractivity contribution is 8.01.